The molecule has 0 bridgehead atoms. The number of hydrogen-bond donors (Lipinski definition) is 0. The predicted molar refractivity (Wildman–Crippen MR) is 181 cm³/mol. The number of thiazole rings is 1. The summed E-state index contributed by atoms with van der Waals surface area (Å²) in [4.78, 5) is 5.27. The maximum Gasteiger partial charge on any atom is 0.195 e. The summed E-state index contributed by atoms with van der Waals surface area (Å²) < 4.78 is 8.70. The Hall–Kier alpha value is -4.97. The summed E-state index contributed by atoms with van der Waals surface area (Å²) in [6.45, 7) is 0. The highest BCUT2D eigenvalue weighted by Crippen LogP contribution is 2.45. The molecule has 0 aliphatic rings. The van der Waals surface area contributed by atoms with Crippen molar-refractivity contribution in [3.8, 4) is 10.8 Å². The van der Waals surface area contributed by atoms with Crippen molar-refractivity contribution in [2.24, 2.45) is 0 Å². The third kappa shape index (κ3) is 2.91. The van der Waals surface area contributed by atoms with E-state index in [2.05, 4.69) is 137 Å². The lowest BCUT2D eigenvalue weighted by Crippen LogP contribution is -1.94. The zero-order valence-electron chi connectivity index (χ0n) is 22.3. The molecule has 0 saturated heterocycles. The van der Waals surface area contributed by atoms with Gasteiger partial charge in [0.15, 0.2) is 5.13 Å². The minimum Gasteiger partial charge on any atom is -0.309 e. The van der Waals surface area contributed by atoms with Crippen LogP contribution in [0, 0.1) is 0 Å². The summed E-state index contributed by atoms with van der Waals surface area (Å²) in [6, 6.07) is 46.0. The Kier molecular flexibility index (Phi) is 4.48. The molecule has 0 radical (unpaired) electrons. The van der Waals surface area contributed by atoms with Gasteiger partial charge < -0.3 is 4.57 Å². The van der Waals surface area contributed by atoms with Gasteiger partial charge in [-0.2, -0.15) is 0 Å². The lowest BCUT2D eigenvalue weighted by molar-refractivity contribution is 1.15. The Labute approximate surface area is 248 Å². The van der Waals surface area contributed by atoms with Crippen LogP contribution in [0.1, 0.15) is 0 Å². The first-order chi connectivity index (χ1) is 20.8. The minimum absolute atomic E-state index is 1.00. The van der Waals surface area contributed by atoms with Crippen LogP contribution in [0.2, 0.25) is 0 Å². The summed E-state index contributed by atoms with van der Waals surface area (Å²) >= 11 is 3.66. The van der Waals surface area contributed by atoms with Crippen molar-refractivity contribution in [1.29, 1.82) is 0 Å². The molecule has 10 aromatic rings. The lowest BCUT2D eigenvalue weighted by Gasteiger charge is -2.09. The molecule has 3 nitrogen and oxygen atoms in total. The standard InChI is InChI=1S/C37H21N3S2/c1-2-10-22(11-3-1)39-28-15-7-4-12-23(28)24-18-20-30-33(35(24)39)25-13-5-8-16-29(25)40(30)37-38-27-19-21-32-34(36(27)42-37)26-14-6-9-17-31(26)41-32/h1-21H. The average molecular weight is 572 g/mol. The molecule has 0 N–H and O–H groups in total. The van der Waals surface area contributed by atoms with Crippen LogP contribution in [0.5, 0.6) is 0 Å². The second-order valence-electron chi connectivity index (χ2n) is 10.8. The smallest absolute Gasteiger partial charge is 0.195 e. The summed E-state index contributed by atoms with van der Waals surface area (Å²) in [5, 5.41) is 8.67. The molecular weight excluding hydrogens is 551 g/mol. The molecule has 0 aliphatic heterocycles. The van der Waals surface area contributed by atoms with E-state index in [1.54, 1.807) is 11.3 Å². The highest BCUT2D eigenvalue weighted by molar-refractivity contribution is 7.28. The molecule has 0 saturated carbocycles. The van der Waals surface area contributed by atoms with E-state index >= 15 is 0 Å². The average Bonchev–Trinajstić information content (AvgIpc) is 3.79. The highest BCUT2D eigenvalue weighted by atomic mass is 32.1. The Morgan fingerprint density at radius 1 is 0.452 bits per heavy atom. The SMILES string of the molecule is c1ccc(-n2c3ccccc3c3ccc4c(c5ccccc5n4-c4nc5ccc6sc7ccccc7c6c5s4)c32)cc1. The summed E-state index contributed by atoms with van der Waals surface area (Å²) in [5.74, 6) is 0. The van der Waals surface area contributed by atoms with Crippen LogP contribution in [0.25, 0.3) is 84.8 Å². The van der Waals surface area contributed by atoms with Gasteiger partial charge in [0.25, 0.3) is 0 Å². The fourth-order valence-corrected chi connectivity index (χ4v) is 9.17. The van der Waals surface area contributed by atoms with Gasteiger partial charge in [-0.3, -0.25) is 4.57 Å². The maximum atomic E-state index is 5.27. The first-order valence-corrected chi connectivity index (χ1v) is 15.7. The number of nitrogens with zero attached hydrogens (tertiary/aromatic N) is 3. The third-order valence-electron chi connectivity index (χ3n) is 8.56. The minimum atomic E-state index is 1.00. The van der Waals surface area contributed by atoms with Crippen LogP contribution >= 0.6 is 22.7 Å². The molecule has 0 amide bonds. The van der Waals surface area contributed by atoms with Gasteiger partial charge in [0, 0.05) is 47.4 Å². The topological polar surface area (TPSA) is 22.8 Å². The van der Waals surface area contributed by atoms with Crippen LogP contribution in [-0.4, -0.2) is 14.1 Å². The van der Waals surface area contributed by atoms with E-state index in [1.165, 1.54) is 74.2 Å². The van der Waals surface area contributed by atoms with Crippen LogP contribution < -0.4 is 0 Å². The first-order valence-electron chi connectivity index (χ1n) is 14.1. The maximum absolute atomic E-state index is 5.27. The molecule has 4 aromatic heterocycles. The number of fused-ring (bicyclic) bond motifs is 12. The molecule has 0 spiro atoms. The third-order valence-corrected chi connectivity index (χ3v) is 10.8. The van der Waals surface area contributed by atoms with Crippen LogP contribution in [0.4, 0.5) is 0 Å². The second kappa shape index (κ2) is 8.29. The van der Waals surface area contributed by atoms with Gasteiger partial charge in [0.1, 0.15) is 0 Å². The molecule has 0 aliphatic carbocycles. The van der Waals surface area contributed by atoms with Crippen molar-refractivity contribution in [3.63, 3.8) is 0 Å². The molecule has 42 heavy (non-hydrogen) atoms. The molecule has 196 valence electrons. The summed E-state index contributed by atoms with van der Waals surface area (Å²) in [7, 11) is 0. The molecular formula is C37H21N3S2. The molecule has 10 rings (SSSR count). The first kappa shape index (κ1) is 22.7. The molecule has 4 heterocycles. The van der Waals surface area contributed by atoms with Crippen LogP contribution in [0.15, 0.2) is 127 Å². The normalized spacial score (nSPS) is 12.3. The van der Waals surface area contributed by atoms with E-state index in [9.17, 15) is 0 Å². The van der Waals surface area contributed by atoms with Gasteiger partial charge in [-0.25, -0.2) is 4.98 Å². The number of rotatable bonds is 2. The largest absolute Gasteiger partial charge is 0.309 e. The Morgan fingerprint density at radius 3 is 2.02 bits per heavy atom. The molecule has 0 unspecified atom stereocenters. The van der Waals surface area contributed by atoms with Gasteiger partial charge in [0.05, 0.1) is 32.3 Å². The zero-order valence-corrected chi connectivity index (χ0v) is 23.9. The van der Waals surface area contributed by atoms with Crippen molar-refractivity contribution >= 4 is 96.7 Å². The Bertz CT molecular complexity index is 2690. The molecule has 0 fully saturated rings. The van der Waals surface area contributed by atoms with Gasteiger partial charge in [-0.15, -0.1) is 11.3 Å². The number of para-hydroxylation sites is 3. The number of aromatic nitrogens is 3. The zero-order chi connectivity index (χ0) is 27.4. The predicted octanol–water partition coefficient (Wildman–Crippen LogP) is 10.9. The van der Waals surface area contributed by atoms with Gasteiger partial charge in [0.2, 0.25) is 0 Å². The number of thiophene rings is 1. The van der Waals surface area contributed by atoms with E-state index in [-0.39, 0.29) is 0 Å². The fourth-order valence-electron chi connectivity index (χ4n) is 6.84. The quantitative estimate of drug-likeness (QED) is 0.202. The van der Waals surface area contributed by atoms with Gasteiger partial charge >= 0.3 is 0 Å². The number of benzene rings is 6. The second-order valence-corrected chi connectivity index (χ2v) is 12.8. The van der Waals surface area contributed by atoms with E-state index in [4.69, 9.17) is 4.98 Å². The van der Waals surface area contributed by atoms with Crippen molar-refractivity contribution in [2.75, 3.05) is 0 Å². The van der Waals surface area contributed by atoms with Crippen molar-refractivity contribution in [2.45, 2.75) is 0 Å². The lowest BCUT2D eigenvalue weighted by atomic mass is 10.1. The van der Waals surface area contributed by atoms with Crippen LogP contribution in [-0.2, 0) is 0 Å². The van der Waals surface area contributed by atoms with E-state index in [1.807, 2.05) is 11.3 Å². The van der Waals surface area contributed by atoms with Crippen molar-refractivity contribution in [1.82, 2.24) is 14.1 Å². The van der Waals surface area contributed by atoms with E-state index < -0.39 is 0 Å². The van der Waals surface area contributed by atoms with Crippen molar-refractivity contribution in [3.05, 3.63) is 127 Å². The van der Waals surface area contributed by atoms with Crippen LogP contribution in [0.3, 0.4) is 0 Å². The fraction of sp³-hybridized carbons (Fsp3) is 0. The van der Waals surface area contributed by atoms with Gasteiger partial charge in [-0.05, 0) is 48.5 Å². The molecule has 6 aromatic carbocycles. The summed E-state index contributed by atoms with van der Waals surface area (Å²) in [5.41, 5.74) is 7.03. The number of hydrogen-bond acceptors (Lipinski definition) is 3. The Balaban J connectivity index is 1.37. The van der Waals surface area contributed by atoms with E-state index in [0.717, 1.165) is 10.6 Å². The summed E-state index contributed by atoms with van der Waals surface area (Å²) in [6.07, 6.45) is 0. The monoisotopic (exact) mass is 571 g/mol. The molecule has 0 atom stereocenters. The Morgan fingerprint density at radius 2 is 1.17 bits per heavy atom. The van der Waals surface area contributed by atoms with Gasteiger partial charge in [-0.1, -0.05) is 90.2 Å². The van der Waals surface area contributed by atoms with E-state index in [0.29, 0.717) is 0 Å². The molecule has 5 heteroatoms. The highest BCUT2D eigenvalue weighted by Gasteiger charge is 2.22. The van der Waals surface area contributed by atoms with Crippen molar-refractivity contribution < 1.29 is 0 Å².